The summed E-state index contributed by atoms with van der Waals surface area (Å²) in [6.45, 7) is 0. The molecule has 0 atom stereocenters. The first-order chi connectivity index (χ1) is 12.6. The fourth-order valence-corrected chi connectivity index (χ4v) is 2.13. The Morgan fingerprint density at radius 2 is 1.65 bits per heavy atom. The Hall–Kier alpha value is -3.94. The van der Waals surface area contributed by atoms with E-state index in [9.17, 15) is 14.9 Å². The first-order valence-electron chi connectivity index (χ1n) is 7.61. The first kappa shape index (κ1) is 16.9. The zero-order valence-electron chi connectivity index (χ0n) is 13.5. The lowest BCUT2D eigenvalue weighted by molar-refractivity contribution is -0.389. The van der Waals surface area contributed by atoms with Crippen molar-refractivity contribution in [3.63, 3.8) is 0 Å². The van der Waals surface area contributed by atoms with Gasteiger partial charge in [-0.1, -0.05) is 24.3 Å². The number of carbonyl (C=O) groups excluding carboxylic acids is 1. The van der Waals surface area contributed by atoms with E-state index in [-0.39, 0.29) is 11.8 Å². The van der Waals surface area contributed by atoms with E-state index in [2.05, 4.69) is 15.6 Å². The molecule has 0 saturated heterocycles. The quantitative estimate of drug-likeness (QED) is 0.523. The maximum atomic E-state index is 12.0. The number of nitrogens with zero attached hydrogens (tertiary/aromatic N) is 2. The lowest BCUT2D eigenvalue weighted by atomic mass is 10.3. The van der Waals surface area contributed by atoms with Crippen LogP contribution in [0.15, 0.2) is 72.9 Å². The highest BCUT2D eigenvalue weighted by Crippen LogP contribution is 2.24. The van der Waals surface area contributed by atoms with E-state index in [0.717, 1.165) is 0 Å². The maximum absolute atomic E-state index is 12.0. The van der Waals surface area contributed by atoms with E-state index in [4.69, 9.17) is 4.74 Å². The van der Waals surface area contributed by atoms with Crippen molar-refractivity contribution in [1.82, 2.24) is 4.98 Å². The number of hydrogen-bond acceptors (Lipinski definition) is 5. The number of anilines is 2. The number of nitrogens with one attached hydrogen (secondary N) is 2. The molecule has 3 aromatic rings. The SMILES string of the molecule is O=C(Nc1ccccc1)Nc1cccc(Oc2ccc([N+](=O)[O-])nc2)c1. The molecule has 0 bridgehead atoms. The summed E-state index contributed by atoms with van der Waals surface area (Å²) in [6.07, 6.45) is 1.26. The number of carbonyl (C=O) groups is 1. The van der Waals surface area contributed by atoms with E-state index in [0.29, 0.717) is 22.9 Å². The lowest BCUT2D eigenvalue weighted by Crippen LogP contribution is -2.19. The molecule has 2 N–H and O–H groups in total. The topological polar surface area (TPSA) is 106 Å². The molecule has 0 saturated carbocycles. The van der Waals surface area contributed by atoms with Crippen molar-refractivity contribution in [2.24, 2.45) is 0 Å². The minimum absolute atomic E-state index is 0.259. The smallest absolute Gasteiger partial charge is 0.363 e. The third kappa shape index (κ3) is 4.54. The number of hydrogen-bond donors (Lipinski definition) is 2. The molecule has 0 aliphatic rings. The summed E-state index contributed by atoms with van der Waals surface area (Å²) >= 11 is 0. The van der Waals surface area contributed by atoms with Gasteiger partial charge in [0.05, 0.1) is 0 Å². The molecule has 2 aromatic carbocycles. The third-order valence-corrected chi connectivity index (χ3v) is 3.27. The average Bonchev–Trinajstić information content (AvgIpc) is 2.63. The molecule has 2 amide bonds. The standard InChI is InChI=1S/C18H14N4O4/c23-18(20-13-5-2-1-3-6-13)21-14-7-4-8-15(11-14)26-16-9-10-17(19-12-16)22(24)25/h1-12H,(H2,20,21,23). The van der Waals surface area contributed by atoms with Crippen LogP contribution in [0.25, 0.3) is 0 Å². The van der Waals surface area contributed by atoms with Gasteiger partial charge >= 0.3 is 11.8 Å². The summed E-state index contributed by atoms with van der Waals surface area (Å²) in [7, 11) is 0. The third-order valence-electron chi connectivity index (χ3n) is 3.27. The fourth-order valence-electron chi connectivity index (χ4n) is 2.13. The maximum Gasteiger partial charge on any atom is 0.363 e. The largest absolute Gasteiger partial charge is 0.453 e. The Balaban J connectivity index is 1.64. The molecule has 130 valence electrons. The predicted molar refractivity (Wildman–Crippen MR) is 96.5 cm³/mol. The summed E-state index contributed by atoms with van der Waals surface area (Å²) in [5, 5.41) is 16.0. The number of pyridine rings is 1. The van der Waals surface area contributed by atoms with E-state index in [1.165, 1.54) is 18.3 Å². The molecule has 8 nitrogen and oxygen atoms in total. The highest BCUT2D eigenvalue weighted by molar-refractivity contribution is 5.99. The number of aromatic nitrogens is 1. The van der Waals surface area contributed by atoms with Crippen molar-refractivity contribution < 1.29 is 14.5 Å². The average molecular weight is 350 g/mol. The van der Waals surface area contributed by atoms with Crippen molar-refractivity contribution >= 4 is 23.2 Å². The minimum atomic E-state index is -0.584. The highest BCUT2D eigenvalue weighted by Gasteiger charge is 2.08. The van der Waals surface area contributed by atoms with Gasteiger partial charge < -0.3 is 25.5 Å². The summed E-state index contributed by atoms with van der Waals surface area (Å²) in [5.41, 5.74) is 1.21. The highest BCUT2D eigenvalue weighted by atomic mass is 16.6. The zero-order chi connectivity index (χ0) is 18.4. The number of rotatable bonds is 5. The summed E-state index contributed by atoms with van der Waals surface area (Å²) in [6, 6.07) is 18.1. The monoisotopic (exact) mass is 350 g/mol. The van der Waals surface area contributed by atoms with Crippen LogP contribution in [0, 0.1) is 10.1 Å². The van der Waals surface area contributed by atoms with E-state index in [1.54, 1.807) is 36.4 Å². The van der Waals surface area contributed by atoms with Crippen LogP contribution in [0.5, 0.6) is 11.5 Å². The van der Waals surface area contributed by atoms with Gasteiger partial charge in [-0.15, -0.1) is 0 Å². The summed E-state index contributed by atoms with van der Waals surface area (Å²) in [4.78, 5) is 25.7. The van der Waals surface area contributed by atoms with Crippen LogP contribution in [-0.4, -0.2) is 15.9 Å². The Labute approximate surface area is 148 Å². The van der Waals surface area contributed by atoms with E-state index < -0.39 is 4.92 Å². The lowest BCUT2D eigenvalue weighted by Gasteiger charge is -2.09. The van der Waals surface area contributed by atoms with Gasteiger partial charge in [0.2, 0.25) is 0 Å². The van der Waals surface area contributed by atoms with Crippen LogP contribution in [0.2, 0.25) is 0 Å². The second-order valence-corrected chi connectivity index (χ2v) is 5.18. The van der Waals surface area contributed by atoms with Crippen molar-refractivity contribution in [1.29, 1.82) is 0 Å². The van der Waals surface area contributed by atoms with Crippen LogP contribution >= 0.6 is 0 Å². The molecule has 0 spiro atoms. The van der Waals surface area contributed by atoms with Gasteiger partial charge in [-0.2, -0.15) is 0 Å². The molecule has 1 aromatic heterocycles. The summed E-state index contributed by atoms with van der Waals surface area (Å²) < 4.78 is 5.60. The number of nitro groups is 1. The van der Waals surface area contributed by atoms with Crippen molar-refractivity contribution in [3.8, 4) is 11.5 Å². The van der Waals surface area contributed by atoms with Crippen molar-refractivity contribution in [2.75, 3.05) is 10.6 Å². The molecule has 0 aliphatic heterocycles. The molecule has 0 aliphatic carbocycles. The van der Waals surface area contributed by atoms with Gasteiger partial charge in [0.25, 0.3) is 0 Å². The van der Waals surface area contributed by atoms with Crippen LogP contribution in [0.1, 0.15) is 0 Å². The molecule has 0 fully saturated rings. The molecule has 0 unspecified atom stereocenters. The number of amides is 2. The Bertz CT molecular complexity index is 914. The molecule has 26 heavy (non-hydrogen) atoms. The molecular formula is C18H14N4O4. The number of ether oxygens (including phenoxy) is 1. The van der Waals surface area contributed by atoms with E-state index in [1.807, 2.05) is 18.2 Å². The zero-order valence-corrected chi connectivity index (χ0v) is 13.5. The second kappa shape index (κ2) is 7.75. The van der Waals surface area contributed by atoms with Crippen LogP contribution < -0.4 is 15.4 Å². The van der Waals surface area contributed by atoms with E-state index >= 15 is 0 Å². The number of para-hydroxylation sites is 1. The normalized spacial score (nSPS) is 10.0. The van der Waals surface area contributed by atoms with Gasteiger partial charge in [0.15, 0.2) is 11.9 Å². The van der Waals surface area contributed by atoms with Gasteiger partial charge in [-0.25, -0.2) is 4.79 Å². The molecule has 3 rings (SSSR count). The summed E-state index contributed by atoms with van der Waals surface area (Å²) in [5.74, 6) is 0.546. The minimum Gasteiger partial charge on any atom is -0.453 e. The van der Waals surface area contributed by atoms with Crippen molar-refractivity contribution in [2.45, 2.75) is 0 Å². The van der Waals surface area contributed by atoms with Gasteiger partial charge in [-0.3, -0.25) is 0 Å². The first-order valence-corrected chi connectivity index (χ1v) is 7.61. The van der Waals surface area contributed by atoms with Crippen LogP contribution in [-0.2, 0) is 0 Å². The Kier molecular flexibility index (Phi) is 5.04. The van der Waals surface area contributed by atoms with Crippen LogP contribution in [0.3, 0.4) is 0 Å². The van der Waals surface area contributed by atoms with Crippen LogP contribution in [0.4, 0.5) is 22.0 Å². The fraction of sp³-hybridized carbons (Fsp3) is 0. The molecular weight excluding hydrogens is 336 g/mol. The Morgan fingerprint density at radius 3 is 2.35 bits per heavy atom. The number of urea groups is 1. The Morgan fingerprint density at radius 1 is 0.923 bits per heavy atom. The second-order valence-electron chi connectivity index (χ2n) is 5.18. The molecule has 8 heteroatoms. The predicted octanol–water partition coefficient (Wildman–Crippen LogP) is 4.43. The molecule has 0 radical (unpaired) electrons. The van der Waals surface area contributed by atoms with Crippen molar-refractivity contribution in [3.05, 3.63) is 83.0 Å². The van der Waals surface area contributed by atoms with Gasteiger partial charge in [-0.05, 0) is 40.2 Å². The van der Waals surface area contributed by atoms with Gasteiger partial charge in [0, 0.05) is 23.5 Å². The number of benzene rings is 2. The van der Waals surface area contributed by atoms with Gasteiger partial charge in [0.1, 0.15) is 5.75 Å². The molecule has 1 heterocycles.